The predicted molar refractivity (Wildman–Crippen MR) is 71.3 cm³/mol. The number of phenols is 1. The molecule has 0 aromatic heterocycles. The molecule has 0 aliphatic heterocycles. The van der Waals surface area contributed by atoms with Gasteiger partial charge in [0, 0.05) is 17.1 Å². The highest BCUT2D eigenvalue weighted by Gasteiger charge is 2.14. The van der Waals surface area contributed by atoms with Gasteiger partial charge in [0.1, 0.15) is 5.75 Å². The van der Waals surface area contributed by atoms with Gasteiger partial charge in [0.2, 0.25) is 0 Å². The number of hydrogen-bond acceptors (Lipinski definition) is 3. The van der Waals surface area contributed by atoms with E-state index in [0.29, 0.717) is 5.56 Å². The highest BCUT2D eigenvalue weighted by molar-refractivity contribution is 9.10. The lowest BCUT2D eigenvalue weighted by Crippen LogP contribution is -2.39. The molecule has 0 aliphatic rings. The molecule has 0 saturated heterocycles. The summed E-state index contributed by atoms with van der Waals surface area (Å²) >= 11 is 3.23. The van der Waals surface area contributed by atoms with Crippen molar-refractivity contribution in [1.82, 2.24) is 10.2 Å². The lowest BCUT2D eigenvalue weighted by atomic mass is 10.1. The van der Waals surface area contributed by atoms with E-state index in [1.807, 2.05) is 25.9 Å². The van der Waals surface area contributed by atoms with Gasteiger partial charge in [0.05, 0.1) is 5.56 Å². The summed E-state index contributed by atoms with van der Waals surface area (Å²) in [5.41, 5.74) is 0.291. The molecule has 0 radical (unpaired) electrons. The fourth-order valence-electron chi connectivity index (χ4n) is 1.59. The monoisotopic (exact) mass is 300 g/mol. The van der Waals surface area contributed by atoms with Gasteiger partial charge < -0.3 is 15.3 Å². The van der Waals surface area contributed by atoms with Gasteiger partial charge >= 0.3 is 0 Å². The minimum Gasteiger partial charge on any atom is -0.507 e. The normalized spacial score (nSPS) is 12.5. The van der Waals surface area contributed by atoms with Crippen molar-refractivity contribution >= 4 is 21.8 Å². The second kappa shape index (κ2) is 6.02. The summed E-state index contributed by atoms with van der Waals surface area (Å²) in [6, 6.07) is 4.86. The van der Waals surface area contributed by atoms with Crippen LogP contribution in [0.25, 0.3) is 0 Å². The largest absolute Gasteiger partial charge is 0.507 e. The minimum absolute atomic E-state index is 0.0195. The van der Waals surface area contributed by atoms with Crippen LogP contribution in [0.1, 0.15) is 17.3 Å². The quantitative estimate of drug-likeness (QED) is 0.892. The predicted octanol–water partition coefficient (Wildman–Crippen LogP) is 1.83. The Bertz CT molecular complexity index is 407. The average molecular weight is 301 g/mol. The lowest BCUT2D eigenvalue weighted by Gasteiger charge is -2.18. The van der Waals surface area contributed by atoms with E-state index in [2.05, 4.69) is 21.2 Å². The van der Waals surface area contributed by atoms with Crippen LogP contribution in [0.4, 0.5) is 0 Å². The third-order valence-corrected chi connectivity index (χ3v) is 2.71. The molecule has 0 heterocycles. The van der Waals surface area contributed by atoms with E-state index in [1.165, 1.54) is 6.07 Å². The first-order valence-corrected chi connectivity index (χ1v) is 6.13. The highest BCUT2D eigenvalue weighted by atomic mass is 79.9. The first-order valence-electron chi connectivity index (χ1n) is 5.34. The molecule has 1 rings (SSSR count). The molecule has 94 valence electrons. The Labute approximate surface area is 110 Å². The molecular weight excluding hydrogens is 284 g/mol. The molecule has 5 heteroatoms. The Hall–Kier alpha value is -1.07. The van der Waals surface area contributed by atoms with Gasteiger partial charge in [-0.2, -0.15) is 0 Å². The molecule has 4 nitrogen and oxygen atoms in total. The van der Waals surface area contributed by atoms with E-state index < -0.39 is 0 Å². The summed E-state index contributed by atoms with van der Waals surface area (Å²) < 4.78 is 0.743. The number of carbonyl (C=O) groups is 1. The summed E-state index contributed by atoms with van der Waals surface area (Å²) in [5, 5.41) is 12.5. The Morgan fingerprint density at radius 2 is 2.18 bits per heavy atom. The van der Waals surface area contributed by atoms with Crippen LogP contribution in [-0.2, 0) is 0 Å². The molecule has 1 aromatic carbocycles. The molecule has 1 atom stereocenters. The molecule has 1 unspecified atom stereocenters. The molecule has 0 fully saturated rings. The standard InChI is InChI=1S/C12H17BrN2O2/c1-8(7-15(2)3)14-12(17)10-5-4-9(13)6-11(10)16/h4-6,8,16H,7H2,1-3H3,(H,14,17). The van der Waals surface area contributed by atoms with E-state index in [-0.39, 0.29) is 17.7 Å². The Balaban J connectivity index is 2.70. The van der Waals surface area contributed by atoms with Crippen LogP contribution in [0.3, 0.4) is 0 Å². The van der Waals surface area contributed by atoms with Crippen molar-refractivity contribution in [3.8, 4) is 5.75 Å². The maximum absolute atomic E-state index is 11.9. The van der Waals surface area contributed by atoms with Crippen LogP contribution in [0.15, 0.2) is 22.7 Å². The van der Waals surface area contributed by atoms with Crippen molar-refractivity contribution < 1.29 is 9.90 Å². The van der Waals surface area contributed by atoms with Crippen LogP contribution in [0.5, 0.6) is 5.75 Å². The fraction of sp³-hybridized carbons (Fsp3) is 0.417. The molecular formula is C12H17BrN2O2. The van der Waals surface area contributed by atoms with Gasteiger partial charge in [-0.15, -0.1) is 0 Å². The zero-order valence-electron chi connectivity index (χ0n) is 10.2. The molecule has 0 spiro atoms. The lowest BCUT2D eigenvalue weighted by molar-refractivity contribution is 0.0931. The Kier molecular flexibility index (Phi) is 4.96. The van der Waals surface area contributed by atoms with Crippen molar-refractivity contribution in [3.05, 3.63) is 28.2 Å². The summed E-state index contributed by atoms with van der Waals surface area (Å²) in [4.78, 5) is 13.9. The third kappa shape index (κ3) is 4.36. The zero-order chi connectivity index (χ0) is 13.0. The van der Waals surface area contributed by atoms with Gasteiger partial charge in [-0.3, -0.25) is 4.79 Å². The number of halogens is 1. The molecule has 1 aromatic rings. The topological polar surface area (TPSA) is 52.6 Å². The fourth-order valence-corrected chi connectivity index (χ4v) is 1.94. The zero-order valence-corrected chi connectivity index (χ0v) is 11.8. The number of nitrogens with zero attached hydrogens (tertiary/aromatic N) is 1. The van der Waals surface area contributed by atoms with Gasteiger partial charge in [0.25, 0.3) is 5.91 Å². The van der Waals surface area contributed by atoms with Crippen LogP contribution in [-0.4, -0.2) is 42.6 Å². The molecule has 0 bridgehead atoms. The van der Waals surface area contributed by atoms with Gasteiger partial charge in [-0.25, -0.2) is 0 Å². The summed E-state index contributed by atoms with van der Waals surface area (Å²) in [7, 11) is 3.89. The number of nitrogens with one attached hydrogen (secondary N) is 1. The van der Waals surface area contributed by atoms with Crippen molar-refractivity contribution in [3.63, 3.8) is 0 Å². The maximum Gasteiger partial charge on any atom is 0.255 e. The van der Waals surface area contributed by atoms with Crippen LogP contribution in [0.2, 0.25) is 0 Å². The Morgan fingerprint density at radius 1 is 1.53 bits per heavy atom. The molecule has 0 aliphatic carbocycles. The van der Waals surface area contributed by atoms with Crippen LogP contribution < -0.4 is 5.32 Å². The smallest absolute Gasteiger partial charge is 0.255 e. The molecule has 2 N–H and O–H groups in total. The molecule has 1 amide bonds. The number of amides is 1. The average Bonchev–Trinajstić information content (AvgIpc) is 2.15. The Morgan fingerprint density at radius 3 is 2.71 bits per heavy atom. The molecule has 17 heavy (non-hydrogen) atoms. The number of rotatable bonds is 4. The van der Waals surface area contributed by atoms with Crippen molar-refractivity contribution in [1.29, 1.82) is 0 Å². The van der Waals surface area contributed by atoms with Gasteiger partial charge in [-0.05, 0) is 39.2 Å². The summed E-state index contributed by atoms with van der Waals surface area (Å²) in [6.45, 7) is 2.68. The van der Waals surface area contributed by atoms with Crippen LogP contribution >= 0.6 is 15.9 Å². The number of likely N-dealkylation sites (N-methyl/N-ethyl adjacent to an activating group) is 1. The summed E-state index contributed by atoms with van der Waals surface area (Å²) in [5.74, 6) is -0.279. The molecule has 0 saturated carbocycles. The van der Waals surface area contributed by atoms with Crippen molar-refractivity contribution in [2.75, 3.05) is 20.6 Å². The van der Waals surface area contributed by atoms with Crippen molar-refractivity contribution in [2.24, 2.45) is 0 Å². The van der Waals surface area contributed by atoms with E-state index in [4.69, 9.17) is 0 Å². The number of aromatic hydroxyl groups is 1. The van der Waals surface area contributed by atoms with E-state index in [9.17, 15) is 9.90 Å². The first kappa shape index (κ1) is 14.0. The number of carbonyl (C=O) groups excluding carboxylic acids is 1. The van der Waals surface area contributed by atoms with Gasteiger partial charge in [0.15, 0.2) is 0 Å². The maximum atomic E-state index is 11.9. The first-order chi connectivity index (χ1) is 7.90. The van der Waals surface area contributed by atoms with E-state index in [0.717, 1.165) is 11.0 Å². The highest BCUT2D eigenvalue weighted by Crippen LogP contribution is 2.22. The minimum atomic E-state index is -0.260. The summed E-state index contributed by atoms with van der Waals surface area (Å²) in [6.07, 6.45) is 0. The number of benzene rings is 1. The number of hydrogen-bond donors (Lipinski definition) is 2. The van der Waals surface area contributed by atoms with E-state index >= 15 is 0 Å². The SMILES string of the molecule is CC(CN(C)C)NC(=O)c1ccc(Br)cc1O. The second-order valence-corrected chi connectivity index (χ2v) is 5.21. The third-order valence-electron chi connectivity index (χ3n) is 2.22. The van der Waals surface area contributed by atoms with Crippen molar-refractivity contribution in [2.45, 2.75) is 13.0 Å². The number of phenolic OH excluding ortho intramolecular Hbond substituents is 1. The second-order valence-electron chi connectivity index (χ2n) is 4.30. The van der Waals surface area contributed by atoms with Gasteiger partial charge in [-0.1, -0.05) is 15.9 Å². The van der Waals surface area contributed by atoms with E-state index in [1.54, 1.807) is 12.1 Å². The van der Waals surface area contributed by atoms with Crippen LogP contribution in [0, 0.1) is 0 Å².